The number of nitrogens with zero attached hydrogens (tertiary/aromatic N) is 1. The lowest BCUT2D eigenvalue weighted by Gasteiger charge is -2.17. The molecule has 0 spiro atoms. The maximum atomic E-state index is 11.8. The van der Waals surface area contributed by atoms with E-state index >= 15 is 0 Å². The molecule has 128 valence electrons. The number of aryl methyl sites for hydroxylation is 1. The van der Waals surface area contributed by atoms with Crippen LogP contribution < -0.4 is 11.1 Å². The monoisotopic (exact) mass is 339 g/mol. The lowest BCUT2D eigenvalue weighted by molar-refractivity contribution is -0.124. The third kappa shape index (κ3) is 8.38. The number of rotatable bonds is 7. The Bertz CT molecular complexity index is 516. The largest absolute Gasteiger partial charge is 0.349 e. The van der Waals surface area contributed by atoms with E-state index in [9.17, 15) is 9.59 Å². The summed E-state index contributed by atoms with van der Waals surface area (Å²) in [5.41, 5.74) is 6.77. The van der Waals surface area contributed by atoms with Gasteiger partial charge in [-0.3, -0.25) is 9.59 Å². The van der Waals surface area contributed by atoms with Crippen molar-refractivity contribution in [2.45, 2.75) is 31.8 Å². The number of nitrogens with two attached hydrogens (primary N) is 1. The van der Waals surface area contributed by atoms with Crippen LogP contribution in [0.2, 0.25) is 0 Å². The number of halogens is 1. The molecule has 0 aliphatic rings. The molecule has 0 aromatic heterocycles. The predicted octanol–water partition coefficient (Wildman–Crippen LogP) is 1.52. The van der Waals surface area contributed by atoms with Crippen LogP contribution in [0, 0.1) is 0 Å². The van der Waals surface area contributed by atoms with Crippen molar-refractivity contribution in [1.29, 1.82) is 0 Å². The molecule has 6 heteroatoms. The smallest absolute Gasteiger partial charge is 0.245 e. The Labute approximate surface area is 144 Å². The molecule has 0 unspecified atom stereocenters. The Balaban J connectivity index is 0.00000484. The fraction of sp³-hybridized carbons (Fsp3) is 0.412. The van der Waals surface area contributed by atoms with Gasteiger partial charge in [0.05, 0.1) is 6.04 Å². The Morgan fingerprint density at radius 3 is 2.39 bits per heavy atom. The highest BCUT2D eigenvalue weighted by Gasteiger charge is 2.13. The minimum atomic E-state index is -0.572. The summed E-state index contributed by atoms with van der Waals surface area (Å²) >= 11 is 0. The third-order valence-corrected chi connectivity index (χ3v) is 3.24. The second-order valence-electron chi connectivity index (χ2n) is 5.52. The van der Waals surface area contributed by atoms with Gasteiger partial charge < -0.3 is 16.0 Å². The second-order valence-corrected chi connectivity index (χ2v) is 5.52. The molecule has 0 aliphatic carbocycles. The lowest BCUT2D eigenvalue weighted by atomic mass is 10.0. The maximum Gasteiger partial charge on any atom is 0.245 e. The summed E-state index contributed by atoms with van der Waals surface area (Å²) in [6.45, 7) is 1.64. The van der Waals surface area contributed by atoms with E-state index in [-0.39, 0.29) is 30.3 Å². The summed E-state index contributed by atoms with van der Waals surface area (Å²) < 4.78 is 0. The number of hydrogen-bond donors (Lipinski definition) is 2. The second kappa shape index (κ2) is 10.8. The van der Waals surface area contributed by atoms with Crippen molar-refractivity contribution in [1.82, 2.24) is 10.2 Å². The highest BCUT2D eigenvalue weighted by molar-refractivity contribution is 5.87. The predicted molar refractivity (Wildman–Crippen MR) is 95.4 cm³/mol. The van der Waals surface area contributed by atoms with E-state index in [2.05, 4.69) is 5.32 Å². The molecular weight excluding hydrogens is 314 g/mol. The summed E-state index contributed by atoms with van der Waals surface area (Å²) in [6.07, 6.45) is 4.73. The van der Waals surface area contributed by atoms with E-state index in [0.29, 0.717) is 6.42 Å². The van der Waals surface area contributed by atoms with Crippen LogP contribution in [0.15, 0.2) is 42.5 Å². The van der Waals surface area contributed by atoms with Gasteiger partial charge in [-0.2, -0.15) is 0 Å². The molecule has 0 saturated heterocycles. The van der Waals surface area contributed by atoms with Crippen LogP contribution >= 0.6 is 12.4 Å². The quantitative estimate of drug-likeness (QED) is 0.739. The fourth-order valence-corrected chi connectivity index (χ4v) is 1.85. The molecule has 1 aromatic carbocycles. The zero-order valence-electron chi connectivity index (χ0n) is 13.9. The first-order chi connectivity index (χ1) is 10.4. The Morgan fingerprint density at radius 2 is 1.87 bits per heavy atom. The van der Waals surface area contributed by atoms with Gasteiger partial charge >= 0.3 is 0 Å². The Morgan fingerprint density at radius 1 is 1.26 bits per heavy atom. The number of benzene rings is 1. The van der Waals surface area contributed by atoms with Crippen molar-refractivity contribution >= 4 is 24.2 Å². The average molecular weight is 340 g/mol. The van der Waals surface area contributed by atoms with Gasteiger partial charge in [-0.25, -0.2) is 0 Å². The van der Waals surface area contributed by atoms with Crippen molar-refractivity contribution in [3.63, 3.8) is 0 Å². The normalized spacial score (nSPS) is 13.0. The van der Waals surface area contributed by atoms with Gasteiger partial charge in [0.15, 0.2) is 0 Å². The van der Waals surface area contributed by atoms with Gasteiger partial charge in [0.25, 0.3) is 0 Å². The first kappa shape index (κ1) is 21.1. The van der Waals surface area contributed by atoms with E-state index in [1.807, 2.05) is 30.3 Å². The number of likely N-dealkylation sites (N-methyl/N-ethyl adjacent to an activating group) is 1. The number of amides is 2. The third-order valence-electron chi connectivity index (χ3n) is 3.24. The summed E-state index contributed by atoms with van der Waals surface area (Å²) in [5, 5.41) is 2.86. The zero-order valence-corrected chi connectivity index (χ0v) is 14.7. The van der Waals surface area contributed by atoms with Crippen LogP contribution in [0.1, 0.15) is 18.9 Å². The zero-order chi connectivity index (χ0) is 16.5. The standard InChI is InChI=1S/C17H25N3O2.ClH/c1-13(18)17(22)19-15(11-12-16(21)20(2)3)10-9-14-7-5-4-6-8-14;/h4-8,11-13,15H,9-10,18H2,1-3H3,(H,19,22);1H/b12-11+;/t13-,15-;/m0./s1. The van der Waals surface area contributed by atoms with Gasteiger partial charge in [0.2, 0.25) is 11.8 Å². The lowest BCUT2D eigenvalue weighted by Crippen LogP contribution is -2.43. The van der Waals surface area contributed by atoms with Gasteiger partial charge in [-0.15, -0.1) is 12.4 Å². The highest BCUT2D eigenvalue weighted by atomic mass is 35.5. The van der Waals surface area contributed by atoms with E-state index in [0.717, 1.165) is 6.42 Å². The van der Waals surface area contributed by atoms with E-state index < -0.39 is 6.04 Å². The summed E-state index contributed by atoms with van der Waals surface area (Å²) in [4.78, 5) is 24.9. The molecule has 1 aromatic rings. The first-order valence-corrected chi connectivity index (χ1v) is 7.39. The van der Waals surface area contributed by atoms with Gasteiger partial charge in [0, 0.05) is 26.2 Å². The van der Waals surface area contributed by atoms with Gasteiger partial charge in [-0.05, 0) is 25.3 Å². The number of carbonyl (C=O) groups is 2. The van der Waals surface area contributed by atoms with Crippen molar-refractivity contribution in [2.24, 2.45) is 5.73 Å². The molecule has 1 rings (SSSR count). The number of hydrogen-bond acceptors (Lipinski definition) is 3. The van der Waals surface area contributed by atoms with E-state index in [1.54, 1.807) is 27.1 Å². The molecule has 0 aliphatic heterocycles. The van der Waals surface area contributed by atoms with Crippen LogP contribution in [0.4, 0.5) is 0 Å². The van der Waals surface area contributed by atoms with Crippen molar-refractivity contribution < 1.29 is 9.59 Å². The molecule has 3 N–H and O–H groups in total. The molecule has 5 nitrogen and oxygen atoms in total. The molecule has 2 amide bonds. The van der Waals surface area contributed by atoms with Crippen molar-refractivity contribution in [2.75, 3.05) is 14.1 Å². The molecule has 0 heterocycles. The number of nitrogens with one attached hydrogen (secondary N) is 1. The SMILES string of the molecule is C[C@H](N)C(=O)N[C@H](/C=C/C(=O)N(C)C)CCc1ccccc1.Cl. The van der Waals surface area contributed by atoms with Gasteiger partial charge in [0.1, 0.15) is 0 Å². The summed E-state index contributed by atoms with van der Waals surface area (Å²) in [7, 11) is 3.37. The number of carbonyl (C=O) groups excluding carboxylic acids is 2. The first-order valence-electron chi connectivity index (χ1n) is 7.39. The molecular formula is C17H26ClN3O2. The molecule has 0 saturated carbocycles. The molecule has 2 atom stereocenters. The van der Waals surface area contributed by atoms with Crippen molar-refractivity contribution in [3.05, 3.63) is 48.0 Å². The summed E-state index contributed by atoms with van der Waals surface area (Å²) in [5.74, 6) is -0.334. The van der Waals surface area contributed by atoms with Crippen molar-refractivity contribution in [3.8, 4) is 0 Å². The van der Waals surface area contributed by atoms with Crippen LogP contribution in [-0.4, -0.2) is 42.9 Å². The van der Waals surface area contributed by atoms with Crippen LogP contribution in [-0.2, 0) is 16.0 Å². The Kier molecular flexibility index (Phi) is 9.94. The highest BCUT2D eigenvalue weighted by Crippen LogP contribution is 2.06. The fourth-order valence-electron chi connectivity index (χ4n) is 1.85. The average Bonchev–Trinajstić information content (AvgIpc) is 2.50. The minimum Gasteiger partial charge on any atom is -0.349 e. The molecule has 0 fully saturated rings. The Hall–Kier alpha value is -1.85. The molecule has 23 heavy (non-hydrogen) atoms. The topological polar surface area (TPSA) is 75.4 Å². The maximum absolute atomic E-state index is 11.8. The summed E-state index contributed by atoms with van der Waals surface area (Å²) in [6, 6.07) is 9.22. The van der Waals surface area contributed by atoms with Crippen LogP contribution in [0.3, 0.4) is 0 Å². The van der Waals surface area contributed by atoms with Gasteiger partial charge in [-0.1, -0.05) is 36.4 Å². The van der Waals surface area contributed by atoms with E-state index in [1.165, 1.54) is 16.5 Å². The molecule has 0 radical (unpaired) electrons. The minimum absolute atomic E-state index is 0. The molecule has 0 bridgehead atoms. The van der Waals surface area contributed by atoms with Crippen LogP contribution in [0.25, 0.3) is 0 Å². The van der Waals surface area contributed by atoms with Crippen LogP contribution in [0.5, 0.6) is 0 Å². The van der Waals surface area contributed by atoms with E-state index in [4.69, 9.17) is 5.73 Å².